The van der Waals surface area contributed by atoms with Crippen molar-refractivity contribution in [3.8, 4) is 23.2 Å². The van der Waals surface area contributed by atoms with E-state index in [4.69, 9.17) is 9.68 Å². The maximum absolute atomic E-state index is 9.16. The monoisotopic (exact) mass is 286 g/mol. The van der Waals surface area contributed by atoms with Crippen molar-refractivity contribution in [3.63, 3.8) is 0 Å². The average molecular weight is 286 g/mol. The van der Waals surface area contributed by atoms with Crippen LogP contribution in [0, 0.1) is 11.3 Å². The molecule has 0 N–H and O–H groups in total. The molecule has 1 aromatic carbocycles. The van der Waals surface area contributed by atoms with Gasteiger partial charge in [-0.3, -0.25) is 4.98 Å². The molecule has 5 nitrogen and oxygen atoms in total. The van der Waals surface area contributed by atoms with Crippen molar-refractivity contribution in [1.29, 1.82) is 5.26 Å². The molecule has 4 rings (SSSR count). The summed E-state index contributed by atoms with van der Waals surface area (Å²) >= 11 is 0. The second kappa shape index (κ2) is 4.86. The molecular formula is C17H10N4O. The van der Waals surface area contributed by atoms with Gasteiger partial charge in [-0.25, -0.2) is 4.68 Å². The van der Waals surface area contributed by atoms with Gasteiger partial charge in [0.1, 0.15) is 11.8 Å². The molecule has 0 radical (unpaired) electrons. The highest BCUT2D eigenvalue weighted by Gasteiger charge is 2.15. The first-order chi connectivity index (χ1) is 10.9. The number of aromatic nitrogens is 3. The van der Waals surface area contributed by atoms with Gasteiger partial charge in [-0.1, -0.05) is 18.2 Å². The fourth-order valence-corrected chi connectivity index (χ4v) is 2.48. The van der Waals surface area contributed by atoms with Gasteiger partial charge in [0, 0.05) is 17.6 Å². The predicted molar refractivity (Wildman–Crippen MR) is 81.3 cm³/mol. The van der Waals surface area contributed by atoms with Gasteiger partial charge in [0.25, 0.3) is 0 Å². The average Bonchev–Trinajstić information content (AvgIpc) is 3.23. The molecule has 0 unspecified atom stereocenters. The van der Waals surface area contributed by atoms with Crippen LogP contribution in [-0.4, -0.2) is 14.8 Å². The van der Waals surface area contributed by atoms with Crippen molar-refractivity contribution < 1.29 is 4.42 Å². The second-order valence-electron chi connectivity index (χ2n) is 4.77. The molecular weight excluding hydrogens is 276 g/mol. The molecule has 3 heterocycles. The first-order valence-corrected chi connectivity index (χ1v) is 6.75. The van der Waals surface area contributed by atoms with Crippen LogP contribution in [0.15, 0.2) is 65.4 Å². The Morgan fingerprint density at radius 1 is 1.09 bits per heavy atom. The van der Waals surface area contributed by atoms with Crippen LogP contribution in [0.25, 0.3) is 28.0 Å². The summed E-state index contributed by atoms with van der Waals surface area (Å²) in [7, 11) is 0. The molecule has 0 aliphatic carbocycles. The van der Waals surface area contributed by atoms with Gasteiger partial charge in [-0.15, -0.1) is 0 Å². The minimum absolute atomic E-state index is 0.333. The van der Waals surface area contributed by atoms with Crippen molar-refractivity contribution in [2.45, 2.75) is 0 Å². The molecule has 4 aromatic rings. The van der Waals surface area contributed by atoms with E-state index < -0.39 is 0 Å². The first kappa shape index (κ1) is 12.4. The van der Waals surface area contributed by atoms with E-state index in [0.717, 1.165) is 22.3 Å². The van der Waals surface area contributed by atoms with E-state index >= 15 is 0 Å². The summed E-state index contributed by atoms with van der Waals surface area (Å²) in [5.41, 5.74) is 2.69. The number of nitriles is 1. The Morgan fingerprint density at radius 2 is 2.00 bits per heavy atom. The van der Waals surface area contributed by atoms with Crippen LogP contribution < -0.4 is 0 Å². The number of nitrogens with zero attached hydrogens (tertiary/aromatic N) is 4. The zero-order valence-electron chi connectivity index (χ0n) is 11.5. The lowest BCUT2D eigenvalue weighted by molar-refractivity contribution is 0.577. The highest BCUT2D eigenvalue weighted by atomic mass is 16.3. The largest absolute Gasteiger partial charge is 0.463 e. The normalized spacial score (nSPS) is 10.7. The molecule has 0 saturated heterocycles. The van der Waals surface area contributed by atoms with Crippen LogP contribution in [0.1, 0.15) is 5.69 Å². The number of benzene rings is 1. The van der Waals surface area contributed by atoms with Crippen LogP contribution in [0.4, 0.5) is 0 Å². The Kier molecular flexibility index (Phi) is 2.73. The lowest BCUT2D eigenvalue weighted by Gasteiger charge is -2.08. The zero-order chi connectivity index (χ0) is 14.9. The Bertz CT molecular complexity index is 988. The van der Waals surface area contributed by atoms with Gasteiger partial charge in [-0.05, 0) is 24.3 Å². The van der Waals surface area contributed by atoms with E-state index in [1.54, 1.807) is 29.3 Å². The summed E-state index contributed by atoms with van der Waals surface area (Å²) in [6, 6.07) is 17.2. The molecule has 22 heavy (non-hydrogen) atoms. The Hall–Kier alpha value is -3.39. The summed E-state index contributed by atoms with van der Waals surface area (Å²) in [5.74, 6) is 0.655. The minimum Gasteiger partial charge on any atom is -0.463 e. The van der Waals surface area contributed by atoms with E-state index in [2.05, 4.69) is 16.2 Å². The third-order valence-corrected chi connectivity index (χ3v) is 3.44. The minimum atomic E-state index is 0.333. The number of furan rings is 1. The number of hydrogen-bond acceptors (Lipinski definition) is 4. The summed E-state index contributed by atoms with van der Waals surface area (Å²) in [6.45, 7) is 0. The number of fused-ring (bicyclic) bond motifs is 1. The fraction of sp³-hybridized carbons (Fsp3) is 0. The molecule has 0 spiro atoms. The Balaban J connectivity index is 2.03. The van der Waals surface area contributed by atoms with Gasteiger partial charge >= 0.3 is 0 Å². The molecule has 0 fully saturated rings. The molecule has 0 aliphatic rings. The summed E-state index contributed by atoms with van der Waals surface area (Å²) in [6.07, 6.45) is 3.34. The molecule has 0 bridgehead atoms. The Labute approximate surface area is 126 Å². The van der Waals surface area contributed by atoms with E-state index in [-0.39, 0.29) is 0 Å². The molecule has 3 aromatic heterocycles. The van der Waals surface area contributed by atoms with Crippen molar-refractivity contribution in [1.82, 2.24) is 14.8 Å². The molecule has 5 heteroatoms. The maximum atomic E-state index is 9.16. The number of hydrogen-bond donors (Lipinski definition) is 0. The SMILES string of the molecule is N#Cc1cc(-c2ccco2)n(-c2cccc3cccnc23)n1. The van der Waals surface area contributed by atoms with Crippen molar-refractivity contribution in [2.75, 3.05) is 0 Å². The van der Waals surface area contributed by atoms with Gasteiger partial charge in [0.05, 0.1) is 17.5 Å². The number of pyridine rings is 1. The van der Waals surface area contributed by atoms with Crippen molar-refractivity contribution >= 4 is 10.9 Å². The van der Waals surface area contributed by atoms with Crippen LogP contribution in [-0.2, 0) is 0 Å². The molecule has 0 atom stereocenters. The lowest BCUT2D eigenvalue weighted by atomic mass is 10.2. The summed E-state index contributed by atoms with van der Waals surface area (Å²) < 4.78 is 7.16. The third kappa shape index (κ3) is 1.86. The van der Waals surface area contributed by atoms with Crippen molar-refractivity contribution in [2.24, 2.45) is 0 Å². The van der Waals surface area contributed by atoms with Crippen LogP contribution >= 0.6 is 0 Å². The lowest BCUT2D eigenvalue weighted by Crippen LogP contribution is -2.00. The van der Waals surface area contributed by atoms with E-state index in [1.807, 2.05) is 36.4 Å². The van der Waals surface area contributed by atoms with E-state index in [0.29, 0.717) is 11.5 Å². The number of para-hydroxylation sites is 1. The molecule has 0 saturated carbocycles. The predicted octanol–water partition coefficient (Wildman–Crippen LogP) is 3.55. The molecule has 0 aliphatic heterocycles. The van der Waals surface area contributed by atoms with Gasteiger partial charge in [0.15, 0.2) is 11.5 Å². The van der Waals surface area contributed by atoms with Crippen LogP contribution in [0.2, 0.25) is 0 Å². The van der Waals surface area contributed by atoms with Crippen LogP contribution in [0.3, 0.4) is 0 Å². The van der Waals surface area contributed by atoms with Gasteiger partial charge < -0.3 is 4.42 Å². The van der Waals surface area contributed by atoms with Crippen molar-refractivity contribution in [3.05, 3.63) is 66.7 Å². The second-order valence-corrected chi connectivity index (χ2v) is 4.77. The Morgan fingerprint density at radius 3 is 2.82 bits per heavy atom. The highest BCUT2D eigenvalue weighted by molar-refractivity contribution is 5.86. The summed E-state index contributed by atoms with van der Waals surface area (Å²) in [4.78, 5) is 4.44. The topological polar surface area (TPSA) is 67.6 Å². The smallest absolute Gasteiger partial charge is 0.163 e. The first-order valence-electron chi connectivity index (χ1n) is 6.75. The quantitative estimate of drug-likeness (QED) is 0.565. The third-order valence-electron chi connectivity index (χ3n) is 3.44. The van der Waals surface area contributed by atoms with Gasteiger partial charge in [0.2, 0.25) is 0 Å². The van der Waals surface area contributed by atoms with E-state index in [1.165, 1.54) is 0 Å². The summed E-state index contributed by atoms with van der Waals surface area (Å²) in [5, 5.41) is 14.5. The van der Waals surface area contributed by atoms with Crippen LogP contribution in [0.5, 0.6) is 0 Å². The van der Waals surface area contributed by atoms with Gasteiger partial charge in [-0.2, -0.15) is 10.4 Å². The van der Waals surface area contributed by atoms with E-state index in [9.17, 15) is 0 Å². The standard InChI is InChI=1S/C17H10N4O/c18-11-13-10-15(16-7-3-9-22-16)21(20-13)14-6-1-4-12-5-2-8-19-17(12)14/h1-10H. The maximum Gasteiger partial charge on any atom is 0.163 e. The fourth-order valence-electron chi connectivity index (χ4n) is 2.48. The molecule has 104 valence electrons. The zero-order valence-corrected chi connectivity index (χ0v) is 11.5. The number of rotatable bonds is 2. The highest BCUT2D eigenvalue weighted by Crippen LogP contribution is 2.27. The molecule has 0 amide bonds.